The number of rotatable bonds is 6. The van der Waals surface area contributed by atoms with Crippen molar-refractivity contribution in [3.8, 4) is 5.88 Å². The highest BCUT2D eigenvalue weighted by atomic mass is 16.5. The van der Waals surface area contributed by atoms with Gasteiger partial charge in [0.05, 0.1) is 12.3 Å². The number of nitrogens with zero attached hydrogens (tertiary/aromatic N) is 2. The summed E-state index contributed by atoms with van der Waals surface area (Å²) in [5.41, 5.74) is 1.22. The molecule has 0 spiro atoms. The molecule has 0 aromatic carbocycles. The summed E-state index contributed by atoms with van der Waals surface area (Å²) in [5, 5.41) is 16.7. The SMILES string of the molecule is CCOCCOc1nnc(C)c(C)c1C(=O)O. The van der Waals surface area contributed by atoms with Gasteiger partial charge in [0.2, 0.25) is 5.88 Å². The second-order valence-electron chi connectivity index (χ2n) is 3.44. The Kier molecular flexibility index (Phi) is 4.84. The molecule has 0 fully saturated rings. The maximum Gasteiger partial charge on any atom is 0.341 e. The van der Waals surface area contributed by atoms with Crippen LogP contribution in [-0.2, 0) is 4.74 Å². The van der Waals surface area contributed by atoms with Crippen molar-refractivity contribution in [3.05, 3.63) is 16.8 Å². The van der Waals surface area contributed by atoms with E-state index in [1.165, 1.54) is 0 Å². The Morgan fingerprint density at radius 1 is 1.29 bits per heavy atom. The highest BCUT2D eigenvalue weighted by Crippen LogP contribution is 2.20. The number of ether oxygens (including phenoxy) is 2. The van der Waals surface area contributed by atoms with Crippen molar-refractivity contribution in [2.75, 3.05) is 19.8 Å². The second-order valence-corrected chi connectivity index (χ2v) is 3.44. The first-order chi connectivity index (χ1) is 8.07. The van der Waals surface area contributed by atoms with Gasteiger partial charge < -0.3 is 14.6 Å². The molecular formula is C11H16N2O4. The van der Waals surface area contributed by atoms with Crippen LogP contribution < -0.4 is 4.74 Å². The third kappa shape index (κ3) is 3.39. The molecule has 0 aliphatic carbocycles. The zero-order chi connectivity index (χ0) is 12.8. The topological polar surface area (TPSA) is 81.5 Å². The van der Waals surface area contributed by atoms with Gasteiger partial charge in [0, 0.05) is 6.61 Å². The lowest BCUT2D eigenvalue weighted by Gasteiger charge is -2.10. The molecule has 0 bridgehead atoms. The van der Waals surface area contributed by atoms with E-state index in [1.54, 1.807) is 13.8 Å². The smallest absolute Gasteiger partial charge is 0.341 e. The van der Waals surface area contributed by atoms with Crippen LogP contribution in [0.1, 0.15) is 28.5 Å². The molecule has 0 unspecified atom stereocenters. The number of hydrogen-bond donors (Lipinski definition) is 1. The average molecular weight is 240 g/mol. The molecular weight excluding hydrogens is 224 g/mol. The van der Waals surface area contributed by atoms with Crippen LogP contribution in [-0.4, -0.2) is 41.1 Å². The number of hydrogen-bond acceptors (Lipinski definition) is 5. The lowest BCUT2D eigenvalue weighted by molar-refractivity contribution is 0.0683. The Balaban J connectivity index is 2.84. The number of aromatic carboxylic acids is 1. The zero-order valence-electron chi connectivity index (χ0n) is 10.2. The lowest BCUT2D eigenvalue weighted by atomic mass is 10.1. The van der Waals surface area contributed by atoms with Crippen molar-refractivity contribution < 1.29 is 19.4 Å². The standard InChI is InChI=1S/C11H16N2O4/c1-4-16-5-6-17-10-9(11(14)15)7(2)8(3)12-13-10/h4-6H2,1-3H3,(H,14,15). The van der Waals surface area contributed by atoms with Crippen LogP contribution in [0.25, 0.3) is 0 Å². The molecule has 0 saturated heterocycles. The predicted octanol–water partition coefficient (Wildman–Crippen LogP) is 1.21. The van der Waals surface area contributed by atoms with Crippen molar-refractivity contribution in [1.82, 2.24) is 10.2 Å². The van der Waals surface area contributed by atoms with Crippen LogP contribution in [0.15, 0.2) is 0 Å². The minimum Gasteiger partial charge on any atom is -0.477 e. The van der Waals surface area contributed by atoms with Gasteiger partial charge in [0.1, 0.15) is 12.2 Å². The van der Waals surface area contributed by atoms with E-state index >= 15 is 0 Å². The maximum absolute atomic E-state index is 11.1. The molecule has 94 valence electrons. The van der Waals surface area contributed by atoms with Crippen molar-refractivity contribution in [1.29, 1.82) is 0 Å². The maximum atomic E-state index is 11.1. The molecule has 1 rings (SSSR count). The number of carbonyl (C=O) groups is 1. The summed E-state index contributed by atoms with van der Waals surface area (Å²) in [6, 6.07) is 0. The predicted molar refractivity (Wildman–Crippen MR) is 60.5 cm³/mol. The summed E-state index contributed by atoms with van der Waals surface area (Å²) in [4.78, 5) is 11.1. The molecule has 1 heterocycles. The fourth-order valence-corrected chi connectivity index (χ4v) is 1.28. The van der Waals surface area contributed by atoms with Crippen molar-refractivity contribution in [2.45, 2.75) is 20.8 Å². The Labute approximate surface area is 99.6 Å². The summed E-state index contributed by atoms with van der Waals surface area (Å²) in [6.45, 7) is 6.50. The van der Waals surface area contributed by atoms with Gasteiger partial charge in [-0.1, -0.05) is 0 Å². The minimum atomic E-state index is -1.06. The van der Waals surface area contributed by atoms with E-state index in [0.717, 1.165) is 0 Å². The van der Waals surface area contributed by atoms with Gasteiger partial charge in [0.25, 0.3) is 0 Å². The van der Waals surface area contributed by atoms with Crippen LogP contribution in [0.3, 0.4) is 0 Å². The number of aryl methyl sites for hydroxylation is 1. The molecule has 0 saturated carbocycles. The molecule has 0 aliphatic heterocycles. The van der Waals surface area contributed by atoms with Crippen LogP contribution >= 0.6 is 0 Å². The molecule has 0 aliphatic rings. The second kappa shape index (κ2) is 6.15. The molecule has 6 nitrogen and oxygen atoms in total. The van der Waals surface area contributed by atoms with Crippen LogP contribution in [0.5, 0.6) is 5.88 Å². The van der Waals surface area contributed by atoms with E-state index in [-0.39, 0.29) is 18.1 Å². The van der Waals surface area contributed by atoms with E-state index in [9.17, 15) is 4.79 Å². The van der Waals surface area contributed by atoms with Gasteiger partial charge in [-0.15, -0.1) is 5.10 Å². The lowest BCUT2D eigenvalue weighted by Crippen LogP contribution is -2.13. The van der Waals surface area contributed by atoms with Crippen molar-refractivity contribution in [3.63, 3.8) is 0 Å². The third-order valence-electron chi connectivity index (χ3n) is 2.31. The largest absolute Gasteiger partial charge is 0.477 e. The molecule has 0 amide bonds. The van der Waals surface area contributed by atoms with E-state index in [2.05, 4.69) is 10.2 Å². The quantitative estimate of drug-likeness (QED) is 0.752. The van der Waals surface area contributed by atoms with E-state index in [0.29, 0.717) is 24.5 Å². The molecule has 0 radical (unpaired) electrons. The molecule has 17 heavy (non-hydrogen) atoms. The molecule has 1 N–H and O–H groups in total. The molecule has 1 aromatic heterocycles. The Morgan fingerprint density at radius 3 is 2.59 bits per heavy atom. The van der Waals surface area contributed by atoms with Gasteiger partial charge in [0.15, 0.2) is 0 Å². The Bertz CT molecular complexity index is 407. The van der Waals surface area contributed by atoms with E-state index < -0.39 is 5.97 Å². The van der Waals surface area contributed by atoms with Crippen LogP contribution in [0, 0.1) is 13.8 Å². The minimum absolute atomic E-state index is 0.0419. The highest BCUT2D eigenvalue weighted by Gasteiger charge is 2.18. The van der Waals surface area contributed by atoms with Crippen molar-refractivity contribution in [2.24, 2.45) is 0 Å². The van der Waals surface area contributed by atoms with E-state index in [1.807, 2.05) is 6.92 Å². The number of carboxylic acids is 1. The summed E-state index contributed by atoms with van der Waals surface area (Å²) in [5.74, 6) is -1.02. The molecule has 6 heteroatoms. The van der Waals surface area contributed by atoms with Crippen molar-refractivity contribution >= 4 is 5.97 Å². The van der Waals surface area contributed by atoms with Crippen LogP contribution in [0.2, 0.25) is 0 Å². The van der Waals surface area contributed by atoms with E-state index in [4.69, 9.17) is 14.6 Å². The fourth-order valence-electron chi connectivity index (χ4n) is 1.28. The third-order valence-corrected chi connectivity index (χ3v) is 2.31. The summed E-state index contributed by atoms with van der Waals surface area (Å²) >= 11 is 0. The van der Waals surface area contributed by atoms with Gasteiger partial charge in [-0.05, 0) is 26.3 Å². The summed E-state index contributed by atoms with van der Waals surface area (Å²) in [6.07, 6.45) is 0. The fraction of sp³-hybridized carbons (Fsp3) is 0.545. The Hall–Kier alpha value is -1.69. The van der Waals surface area contributed by atoms with Gasteiger partial charge >= 0.3 is 5.97 Å². The number of carboxylic acid groups (broad SMARTS) is 1. The summed E-state index contributed by atoms with van der Waals surface area (Å²) in [7, 11) is 0. The van der Waals surface area contributed by atoms with Gasteiger partial charge in [-0.25, -0.2) is 4.79 Å². The average Bonchev–Trinajstić information content (AvgIpc) is 2.28. The van der Waals surface area contributed by atoms with Crippen LogP contribution in [0.4, 0.5) is 0 Å². The zero-order valence-corrected chi connectivity index (χ0v) is 10.2. The first-order valence-corrected chi connectivity index (χ1v) is 5.35. The Morgan fingerprint density at radius 2 is 2.00 bits per heavy atom. The monoisotopic (exact) mass is 240 g/mol. The highest BCUT2D eigenvalue weighted by molar-refractivity contribution is 5.91. The first-order valence-electron chi connectivity index (χ1n) is 5.35. The molecule has 0 atom stereocenters. The normalized spacial score (nSPS) is 10.3. The molecule has 1 aromatic rings. The first kappa shape index (κ1) is 13.4. The van der Waals surface area contributed by atoms with Gasteiger partial charge in [-0.2, -0.15) is 5.10 Å². The van der Waals surface area contributed by atoms with Gasteiger partial charge in [-0.3, -0.25) is 0 Å². The number of aromatic nitrogens is 2. The summed E-state index contributed by atoms with van der Waals surface area (Å²) < 4.78 is 10.3.